The topological polar surface area (TPSA) is 111 Å². The van der Waals surface area contributed by atoms with Crippen molar-refractivity contribution in [1.29, 1.82) is 0 Å². The van der Waals surface area contributed by atoms with Gasteiger partial charge in [0.15, 0.2) is 8.32 Å². The fraction of sp³-hybridized carbons (Fsp3) is 0.929. The van der Waals surface area contributed by atoms with Gasteiger partial charge in [-0.15, -0.1) is 0 Å². The van der Waals surface area contributed by atoms with E-state index in [9.17, 15) is 18.3 Å². The molecule has 2 aliphatic rings. The van der Waals surface area contributed by atoms with Crippen LogP contribution in [0.3, 0.4) is 0 Å². The van der Waals surface area contributed by atoms with Gasteiger partial charge in [0.05, 0.1) is 30.5 Å². The zero-order valence-corrected chi connectivity index (χ0v) is 27.2. The number of ether oxygens (including phenoxy) is 1. The largest absolute Gasteiger partial charge is 0.465 e. The molecule has 38 heavy (non-hydrogen) atoms. The first-order valence-corrected chi connectivity index (χ1v) is 18.9. The SMILES string of the molecule is C[C@H]1C[C@H](OS(C)(=O)=O)[C@](CCCO)(C2=NCCC2)[C@H](CCOC(=O)C(C)(C)C)[C@H]1O[Si](C)(C)C(C)(C)C. The molecule has 1 aliphatic heterocycles. The van der Waals surface area contributed by atoms with Crippen LogP contribution in [0.1, 0.15) is 87.0 Å². The maximum absolute atomic E-state index is 12.6. The second-order valence-corrected chi connectivity index (χ2v) is 20.3. The highest BCUT2D eigenvalue weighted by molar-refractivity contribution is 7.86. The molecule has 0 saturated heterocycles. The van der Waals surface area contributed by atoms with Crippen molar-refractivity contribution in [2.24, 2.45) is 27.7 Å². The van der Waals surface area contributed by atoms with E-state index in [1.54, 1.807) is 0 Å². The van der Waals surface area contributed by atoms with E-state index in [2.05, 4.69) is 40.8 Å². The normalized spacial score (nSPS) is 29.3. The molecule has 0 amide bonds. The molecular weight excluding hydrogens is 522 g/mol. The minimum Gasteiger partial charge on any atom is -0.465 e. The van der Waals surface area contributed by atoms with Crippen LogP contribution < -0.4 is 0 Å². The van der Waals surface area contributed by atoms with Crippen LogP contribution in [0.4, 0.5) is 0 Å². The first-order valence-electron chi connectivity index (χ1n) is 14.1. The number of carbonyl (C=O) groups is 1. The molecule has 0 radical (unpaired) electrons. The number of aliphatic imine (C=N–C) groups is 1. The molecule has 0 unspecified atom stereocenters. The Morgan fingerprint density at radius 2 is 1.82 bits per heavy atom. The first-order chi connectivity index (χ1) is 17.3. The van der Waals surface area contributed by atoms with E-state index in [0.717, 1.165) is 24.8 Å². The third kappa shape index (κ3) is 7.89. The Kier molecular flexibility index (Phi) is 10.9. The van der Waals surface area contributed by atoms with Gasteiger partial charge in [-0.25, -0.2) is 0 Å². The predicted octanol–water partition coefficient (Wildman–Crippen LogP) is 5.35. The lowest BCUT2D eigenvalue weighted by Crippen LogP contribution is -2.62. The van der Waals surface area contributed by atoms with E-state index >= 15 is 0 Å². The summed E-state index contributed by atoms with van der Waals surface area (Å²) in [7, 11) is -5.99. The summed E-state index contributed by atoms with van der Waals surface area (Å²) in [5.74, 6) is -0.446. The molecule has 8 nitrogen and oxygen atoms in total. The quantitative estimate of drug-likeness (QED) is 0.201. The lowest BCUT2D eigenvalue weighted by molar-refractivity contribution is -0.155. The van der Waals surface area contributed by atoms with E-state index in [-0.39, 0.29) is 42.2 Å². The van der Waals surface area contributed by atoms with Gasteiger partial charge in [-0.1, -0.05) is 27.7 Å². The molecule has 1 heterocycles. The average Bonchev–Trinajstić information content (AvgIpc) is 3.28. The molecule has 0 aromatic heterocycles. The van der Waals surface area contributed by atoms with Gasteiger partial charge in [0.2, 0.25) is 0 Å². The Labute approximate surface area is 232 Å². The van der Waals surface area contributed by atoms with Crippen molar-refractivity contribution in [3.63, 3.8) is 0 Å². The minimum absolute atomic E-state index is 0.0171. The van der Waals surface area contributed by atoms with Crippen LogP contribution in [0, 0.1) is 22.7 Å². The first kappa shape index (κ1) is 33.4. The zero-order valence-electron chi connectivity index (χ0n) is 25.4. The predicted molar refractivity (Wildman–Crippen MR) is 154 cm³/mol. The number of hydrogen-bond acceptors (Lipinski definition) is 8. The van der Waals surface area contributed by atoms with Crippen molar-refractivity contribution in [2.75, 3.05) is 26.0 Å². The van der Waals surface area contributed by atoms with Gasteiger partial charge >= 0.3 is 5.97 Å². The molecule has 5 atom stereocenters. The summed E-state index contributed by atoms with van der Waals surface area (Å²) in [6.45, 7) is 19.6. The Morgan fingerprint density at radius 3 is 2.29 bits per heavy atom. The van der Waals surface area contributed by atoms with Gasteiger partial charge in [-0.3, -0.25) is 14.0 Å². The summed E-state index contributed by atoms with van der Waals surface area (Å²) >= 11 is 0. The Balaban J connectivity index is 2.67. The minimum atomic E-state index is -3.76. The molecule has 1 fully saturated rings. The van der Waals surface area contributed by atoms with Crippen molar-refractivity contribution in [3.8, 4) is 0 Å². The number of carbonyl (C=O) groups excluding carboxylic acids is 1. The van der Waals surface area contributed by atoms with Gasteiger partial charge < -0.3 is 14.3 Å². The molecule has 1 aliphatic carbocycles. The monoisotopic (exact) mass is 575 g/mol. The molecule has 0 aromatic carbocycles. The third-order valence-electron chi connectivity index (χ3n) is 8.74. The highest BCUT2D eigenvalue weighted by Gasteiger charge is 2.59. The number of aliphatic hydroxyl groups excluding tert-OH is 1. The fourth-order valence-corrected chi connectivity index (χ4v) is 7.86. The van der Waals surface area contributed by atoms with Crippen molar-refractivity contribution in [2.45, 2.75) is 117 Å². The molecule has 222 valence electrons. The molecule has 10 heteroatoms. The van der Waals surface area contributed by atoms with Crippen LogP contribution >= 0.6 is 0 Å². The summed E-state index contributed by atoms with van der Waals surface area (Å²) in [6.07, 6.45) is 3.97. The average molecular weight is 576 g/mol. The lowest BCUT2D eigenvalue weighted by atomic mass is 9.55. The van der Waals surface area contributed by atoms with Gasteiger partial charge in [-0.05, 0) is 83.3 Å². The summed E-state index contributed by atoms with van der Waals surface area (Å²) in [5, 5.41) is 9.90. The van der Waals surface area contributed by atoms with Crippen molar-refractivity contribution in [1.82, 2.24) is 0 Å². The summed E-state index contributed by atoms with van der Waals surface area (Å²) in [4.78, 5) is 17.6. The van der Waals surface area contributed by atoms with Crippen molar-refractivity contribution in [3.05, 3.63) is 0 Å². The van der Waals surface area contributed by atoms with Crippen LogP contribution in [0.2, 0.25) is 18.1 Å². The summed E-state index contributed by atoms with van der Waals surface area (Å²) < 4.78 is 43.9. The molecule has 0 spiro atoms. The van der Waals surface area contributed by atoms with Crippen LogP contribution in [0.5, 0.6) is 0 Å². The second kappa shape index (κ2) is 12.4. The Bertz CT molecular complexity index is 951. The molecule has 1 saturated carbocycles. The number of esters is 1. The van der Waals surface area contributed by atoms with Crippen molar-refractivity contribution >= 4 is 30.1 Å². The summed E-state index contributed by atoms with van der Waals surface area (Å²) in [6, 6.07) is 0. The smallest absolute Gasteiger partial charge is 0.311 e. The highest BCUT2D eigenvalue weighted by Crippen LogP contribution is 2.55. The molecular formula is C28H53NO7SSi. The Hall–Kier alpha value is -0.813. The van der Waals surface area contributed by atoms with E-state index < -0.39 is 35.4 Å². The maximum atomic E-state index is 12.6. The van der Waals surface area contributed by atoms with Gasteiger partial charge in [-0.2, -0.15) is 8.42 Å². The van der Waals surface area contributed by atoms with Crippen LogP contribution in [0.15, 0.2) is 4.99 Å². The second-order valence-electron chi connectivity index (χ2n) is 13.9. The van der Waals surface area contributed by atoms with E-state index in [1.165, 1.54) is 0 Å². The molecule has 0 bridgehead atoms. The van der Waals surface area contributed by atoms with E-state index in [0.29, 0.717) is 32.2 Å². The molecule has 0 aromatic rings. The van der Waals surface area contributed by atoms with Crippen LogP contribution in [-0.2, 0) is 28.3 Å². The Morgan fingerprint density at radius 1 is 1.18 bits per heavy atom. The van der Waals surface area contributed by atoms with Gasteiger partial charge in [0.1, 0.15) is 0 Å². The maximum Gasteiger partial charge on any atom is 0.311 e. The van der Waals surface area contributed by atoms with Crippen molar-refractivity contribution < 1.29 is 31.7 Å². The standard InChI is InChI=1S/C28H53NO7SSi/c1-20-19-23(35-37(8,32)33)28(15-12-17-30,22-13-11-16-29-22)21(14-18-34-25(31)26(2,3)4)24(20)36-38(9,10)27(5,6)7/h20-21,23-24,30H,11-19H2,1-10H3/t20-,21+,23-,24-,28-/m0/s1. The fourth-order valence-electron chi connectivity index (χ4n) is 5.76. The summed E-state index contributed by atoms with van der Waals surface area (Å²) in [5.41, 5.74) is -0.402. The van der Waals surface area contributed by atoms with Gasteiger partial charge in [0.25, 0.3) is 10.1 Å². The number of nitrogens with zero attached hydrogens (tertiary/aromatic N) is 1. The molecule has 1 N–H and O–H groups in total. The van der Waals surface area contributed by atoms with Gasteiger partial charge in [0, 0.05) is 30.2 Å². The zero-order chi connectivity index (χ0) is 29.2. The number of aliphatic hydroxyl groups is 1. The van der Waals surface area contributed by atoms with Crippen LogP contribution in [-0.4, -0.2) is 71.7 Å². The molecule has 2 rings (SSSR count). The highest BCUT2D eigenvalue weighted by atomic mass is 32.2. The third-order valence-corrected chi connectivity index (χ3v) is 13.8. The number of rotatable bonds is 11. The van der Waals surface area contributed by atoms with E-state index in [4.69, 9.17) is 18.3 Å². The number of hydrogen-bond donors (Lipinski definition) is 1. The van der Waals surface area contributed by atoms with E-state index in [1.807, 2.05) is 20.8 Å². The van der Waals surface area contributed by atoms with Crippen LogP contribution in [0.25, 0.3) is 0 Å². The lowest BCUT2D eigenvalue weighted by Gasteiger charge is -2.56.